The molecule has 1 heterocycles. The molecule has 0 aliphatic rings. The number of aromatic nitrogens is 1. The molecule has 0 spiro atoms. The van der Waals surface area contributed by atoms with Crippen LogP contribution < -0.4 is 10.0 Å². The fourth-order valence-corrected chi connectivity index (χ4v) is 4.62. The van der Waals surface area contributed by atoms with Gasteiger partial charge in [-0.1, -0.05) is 36.7 Å². The number of nitrogens with one attached hydrogen (secondary N) is 2. The Morgan fingerprint density at radius 3 is 2.57 bits per heavy atom. The van der Waals surface area contributed by atoms with Crippen LogP contribution in [-0.4, -0.2) is 19.3 Å². The molecule has 28 heavy (non-hydrogen) atoms. The van der Waals surface area contributed by atoms with E-state index < -0.39 is 10.0 Å². The number of amides is 1. The Bertz CT molecular complexity index is 1080. The van der Waals surface area contributed by atoms with Crippen LogP contribution in [0.3, 0.4) is 0 Å². The van der Waals surface area contributed by atoms with Gasteiger partial charge >= 0.3 is 0 Å². The molecule has 0 atom stereocenters. The van der Waals surface area contributed by atoms with Gasteiger partial charge < -0.3 is 5.32 Å². The van der Waals surface area contributed by atoms with Crippen LogP contribution in [0.1, 0.15) is 18.2 Å². The number of para-hydroxylation sites is 1. The Hall–Kier alpha value is -2.42. The maximum Gasteiger partial charge on any atom is 0.263 e. The summed E-state index contributed by atoms with van der Waals surface area (Å²) in [5, 5.41) is 5.18. The summed E-state index contributed by atoms with van der Waals surface area (Å²) in [5.74, 6) is -0.210. The number of rotatable bonds is 7. The maximum atomic E-state index is 12.4. The number of aryl methyl sites for hydroxylation is 1. The van der Waals surface area contributed by atoms with Gasteiger partial charge in [-0.3, -0.25) is 9.52 Å². The molecule has 0 aliphatic heterocycles. The number of anilines is 2. The summed E-state index contributed by atoms with van der Waals surface area (Å²) in [4.78, 5) is 16.6. The lowest BCUT2D eigenvalue weighted by Crippen LogP contribution is -2.16. The molecule has 1 amide bonds. The van der Waals surface area contributed by atoms with Crippen LogP contribution in [-0.2, 0) is 27.7 Å². The molecule has 0 unspecified atom stereocenters. The van der Waals surface area contributed by atoms with E-state index in [2.05, 4.69) is 15.0 Å². The van der Waals surface area contributed by atoms with Crippen molar-refractivity contribution < 1.29 is 13.2 Å². The van der Waals surface area contributed by atoms with E-state index in [9.17, 15) is 13.2 Å². The Kier molecular flexibility index (Phi) is 6.33. The van der Waals surface area contributed by atoms with E-state index in [1.165, 1.54) is 24.3 Å². The average Bonchev–Trinajstić information content (AvgIpc) is 3.08. The highest BCUT2D eigenvalue weighted by atomic mass is 35.5. The number of nitrogens with zero attached hydrogens (tertiary/aromatic N) is 1. The maximum absolute atomic E-state index is 12.4. The zero-order valence-corrected chi connectivity index (χ0v) is 17.4. The molecular formula is C19H18ClN3O3S2. The summed E-state index contributed by atoms with van der Waals surface area (Å²) in [6, 6.07) is 13.4. The monoisotopic (exact) mass is 435 g/mol. The summed E-state index contributed by atoms with van der Waals surface area (Å²) in [5.41, 5.74) is 2.31. The number of sulfonamides is 1. The number of carbonyl (C=O) groups is 1. The molecule has 2 N–H and O–H groups in total. The summed E-state index contributed by atoms with van der Waals surface area (Å²) in [6.07, 6.45) is 0.862. The van der Waals surface area contributed by atoms with Crippen LogP contribution in [0, 0.1) is 0 Å². The van der Waals surface area contributed by atoms with Crippen molar-refractivity contribution >= 4 is 49.7 Å². The third-order valence-corrected chi connectivity index (χ3v) is 6.45. The molecule has 0 radical (unpaired) electrons. The van der Waals surface area contributed by atoms with Crippen LogP contribution >= 0.6 is 22.9 Å². The van der Waals surface area contributed by atoms with E-state index in [4.69, 9.17) is 11.6 Å². The average molecular weight is 436 g/mol. The van der Waals surface area contributed by atoms with E-state index in [-0.39, 0.29) is 22.4 Å². The molecule has 6 nitrogen and oxygen atoms in total. The van der Waals surface area contributed by atoms with Gasteiger partial charge in [0, 0.05) is 16.1 Å². The molecular weight excluding hydrogens is 418 g/mol. The van der Waals surface area contributed by atoms with Crippen molar-refractivity contribution in [2.75, 3.05) is 10.0 Å². The zero-order valence-electron chi connectivity index (χ0n) is 15.0. The number of hydrogen-bond donors (Lipinski definition) is 2. The van der Waals surface area contributed by atoms with E-state index in [1.54, 1.807) is 5.38 Å². The second-order valence-corrected chi connectivity index (χ2v) is 8.92. The first-order chi connectivity index (χ1) is 13.4. The Morgan fingerprint density at radius 2 is 1.86 bits per heavy atom. The smallest absolute Gasteiger partial charge is 0.263 e. The Labute approximate surface area is 172 Å². The Morgan fingerprint density at radius 1 is 1.14 bits per heavy atom. The number of carbonyl (C=O) groups excluding carboxylic acids is 1. The Balaban J connectivity index is 1.65. The van der Waals surface area contributed by atoms with E-state index in [0.717, 1.165) is 29.0 Å². The van der Waals surface area contributed by atoms with Crippen molar-refractivity contribution in [3.63, 3.8) is 0 Å². The lowest BCUT2D eigenvalue weighted by Gasteiger charge is -2.08. The summed E-state index contributed by atoms with van der Waals surface area (Å²) < 4.78 is 27.2. The first-order valence-electron chi connectivity index (χ1n) is 8.48. The van der Waals surface area contributed by atoms with Gasteiger partial charge in [-0.05, 0) is 42.3 Å². The van der Waals surface area contributed by atoms with Crippen LogP contribution in [0.2, 0.25) is 5.02 Å². The second kappa shape index (κ2) is 8.72. The van der Waals surface area contributed by atoms with Gasteiger partial charge in [-0.15, -0.1) is 11.3 Å². The van der Waals surface area contributed by atoms with Gasteiger partial charge in [0.1, 0.15) is 0 Å². The van der Waals surface area contributed by atoms with E-state index >= 15 is 0 Å². The van der Waals surface area contributed by atoms with Crippen molar-refractivity contribution in [1.29, 1.82) is 0 Å². The first-order valence-corrected chi connectivity index (χ1v) is 11.2. The van der Waals surface area contributed by atoms with Gasteiger partial charge in [0.05, 0.1) is 17.0 Å². The fourth-order valence-electron chi connectivity index (χ4n) is 2.53. The lowest BCUT2D eigenvalue weighted by molar-refractivity contribution is -0.115. The van der Waals surface area contributed by atoms with Gasteiger partial charge in [0.25, 0.3) is 10.0 Å². The van der Waals surface area contributed by atoms with Crippen molar-refractivity contribution in [2.24, 2.45) is 0 Å². The normalized spacial score (nSPS) is 11.2. The van der Waals surface area contributed by atoms with Crippen molar-refractivity contribution in [3.05, 3.63) is 70.2 Å². The minimum atomic E-state index is -3.76. The van der Waals surface area contributed by atoms with Gasteiger partial charge in [-0.2, -0.15) is 0 Å². The quantitative estimate of drug-likeness (QED) is 0.577. The largest absolute Gasteiger partial charge is 0.325 e. The molecule has 3 rings (SSSR count). The third kappa shape index (κ3) is 5.09. The molecule has 0 fully saturated rings. The molecule has 0 bridgehead atoms. The first kappa shape index (κ1) is 20.3. The zero-order chi connectivity index (χ0) is 20.1. The standard InChI is InChI=1S/C19H18ClN3O3S2/c1-2-13-5-3-4-6-17(13)22-18(24)11-15-12-27-19(21-15)23-28(25,26)16-9-7-14(20)8-10-16/h3-10,12H,2,11H2,1H3,(H,21,23)(H,22,24). The fraction of sp³-hybridized carbons (Fsp3) is 0.158. The molecule has 3 aromatic rings. The molecule has 146 valence electrons. The number of benzene rings is 2. The minimum absolute atomic E-state index is 0.0528. The van der Waals surface area contributed by atoms with Gasteiger partial charge in [0.2, 0.25) is 5.91 Å². The predicted molar refractivity (Wildman–Crippen MR) is 113 cm³/mol. The minimum Gasteiger partial charge on any atom is -0.325 e. The lowest BCUT2D eigenvalue weighted by atomic mass is 10.1. The third-order valence-electron chi connectivity index (χ3n) is 3.91. The van der Waals surface area contributed by atoms with Crippen LogP contribution in [0.15, 0.2) is 58.8 Å². The number of thiazole rings is 1. The summed E-state index contributed by atoms with van der Waals surface area (Å²) in [7, 11) is -3.76. The van der Waals surface area contributed by atoms with Crippen molar-refractivity contribution in [1.82, 2.24) is 4.98 Å². The van der Waals surface area contributed by atoms with Gasteiger partial charge in [0.15, 0.2) is 5.13 Å². The topological polar surface area (TPSA) is 88.2 Å². The van der Waals surface area contributed by atoms with Crippen molar-refractivity contribution in [2.45, 2.75) is 24.7 Å². The molecule has 9 heteroatoms. The van der Waals surface area contributed by atoms with Crippen LogP contribution in [0.5, 0.6) is 0 Å². The number of hydrogen-bond acceptors (Lipinski definition) is 5. The predicted octanol–water partition coefficient (Wildman–Crippen LogP) is 4.34. The molecule has 0 aliphatic carbocycles. The highest BCUT2D eigenvalue weighted by Crippen LogP contribution is 2.22. The van der Waals surface area contributed by atoms with Crippen LogP contribution in [0.25, 0.3) is 0 Å². The molecule has 0 saturated heterocycles. The highest BCUT2D eigenvalue weighted by molar-refractivity contribution is 7.93. The molecule has 0 saturated carbocycles. The molecule has 1 aromatic heterocycles. The SMILES string of the molecule is CCc1ccccc1NC(=O)Cc1csc(NS(=O)(=O)c2ccc(Cl)cc2)n1. The van der Waals surface area contributed by atoms with Crippen LogP contribution in [0.4, 0.5) is 10.8 Å². The van der Waals surface area contributed by atoms with E-state index in [1.807, 2.05) is 31.2 Å². The van der Waals surface area contributed by atoms with Crippen molar-refractivity contribution in [3.8, 4) is 0 Å². The summed E-state index contributed by atoms with van der Waals surface area (Å²) in [6.45, 7) is 2.02. The highest BCUT2D eigenvalue weighted by Gasteiger charge is 2.17. The summed E-state index contributed by atoms with van der Waals surface area (Å²) >= 11 is 6.91. The number of halogens is 1. The van der Waals surface area contributed by atoms with E-state index in [0.29, 0.717) is 10.7 Å². The molecule has 2 aromatic carbocycles. The second-order valence-electron chi connectivity index (χ2n) is 5.94. The van der Waals surface area contributed by atoms with Gasteiger partial charge in [-0.25, -0.2) is 13.4 Å².